The number of nitrogens with one attached hydrogen (secondary N) is 2. The molecule has 7 heteroatoms. The third-order valence-electron chi connectivity index (χ3n) is 2.67. The number of carbonyl (C=O) groups is 2. The number of anilines is 3. The first-order valence-corrected chi connectivity index (χ1v) is 6.36. The van der Waals surface area contributed by atoms with Crippen LogP contribution >= 0.6 is 11.6 Å². The molecule has 6 nitrogen and oxygen atoms in total. The monoisotopic (exact) mass is 304 g/mol. The number of halogens is 1. The van der Waals surface area contributed by atoms with Crippen molar-refractivity contribution in [2.24, 2.45) is 5.73 Å². The van der Waals surface area contributed by atoms with E-state index in [1.165, 1.54) is 6.07 Å². The number of hydrogen-bond donors (Lipinski definition) is 4. The molecule has 0 heterocycles. The summed E-state index contributed by atoms with van der Waals surface area (Å²) in [4.78, 5) is 22.7. The number of nitrogens with two attached hydrogens (primary N) is 2. The molecular weight excluding hydrogens is 292 g/mol. The molecule has 2 rings (SSSR count). The minimum absolute atomic E-state index is 0.311. The first-order valence-electron chi connectivity index (χ1n) is 5.98. The van der Waals surface area contributed by atoms with Gasteiger partial charge in [0.1, 0.15) is 0 Å². The molecule has 0 bridgehead atoms. The van der Waals surface area contributed by atoms with Crippen LogP contribution in [0, 0.1) is 0 Å². The highest BCUT2D eigenvalue weighted by molar-refractivity contribution is 6.33. The Kier molecular flexibility index (Phi) is 4.30. The lowest BCUT2D eigenvalue weighted by molar-refractivity contribution is 0.102. The molecule has 0 aliphatic heterocycles. The number of amides is 3. The molecule has 3 amide bonds. The summed E-state index contributed by atoms with van der Waals surface area (Å²) in [5, 5.41) is 5.53. The zero-order chi connectivity index (χ0) is 15.4. The Balaban J connectivity index is 2.08. The Hall–Kier alpha value is -2.73. The second-order valence-electron chi connectivity index (χ2n) is 4.26. The molecule has 6 N–H and O–H groups in total. The molecule has 0 aromatic heterocycles. The van der Waals surface area contributed by atoms with Gasteiger partial charge in [-0.3, -0.25) is 4.79 Å². The van der Waals surface area contributed by atoms with E-state index < -0.39 is 6.03 Å². The van der Waals surface area contributed by atoms with Crippen molar-refractivity contribution >= 4 is 40.6 Å². The van der Waals surface area contributed by atoms with Crippen LogP contribution in [0.15, 0.2) is 42.5 Å². The Labute approximate surface area is 126 Å². The summed E-state index contributed by atoms with van der Waals surface area (Å²) >= 11 is 5.80. The summed E-state index contributed by atoms with van der Waals surface area (Å²) in [7, 11) is 0. The highest BCUT2D eigenvalue weighted by atomic mass is 35.5. The Morgan fingerprint density at radius 1 is 0.952 bits per heavy atom. The summed E-state index contributed by atoms with van der Waals surface area (Å²) in [6.45, 7) is 0. The maximum absolute atomic E-state index is 12.0. The van der Waals surface area contributed by atoms with E-state index in [4.69, 9.17) is 23.1 Å². The van der Waals surface area contributed by atoms with E-state index in [1.54, 1.807) is 36.4 Å². The van der Waals surface area contributed by atoms with Gasteiger partial charge in [-0.15, -0.1) is 0 Å². The summed E-state index contributed by atoms with van der Waals surface area (Å²) < 4.78 is 0. The van der Waals surface area contributed by atoms with E-state index in [0.29, 0.717) is 27.6 Å². The van der Waals surface area contributed by atoms with E-state index in [0.717, 1.165) is 0 Å². The Morgan fingerprint density at radius 3 is 2.05 bits per heavy atom. The largest absolute Gasteiger partial charge is 0.398 e. The highest BCUT2D eigenvalue weighted by Crippen LogP contribution is 2.20. The quantitative estimate of drug-likeness (QED) is 0.654. The lowest BCUT2D eigenvalue weighted by Crippen LogP contribution is -2.19. The molecule has 0 aliphatic carbocycles. The highest BCUT2D eigenvalue weighted by Gasteiger charge is 2.08. The first-order chi connectivity index (χ1) is 9.95. The lowest BCUT2D eigenvalue weighted by Gasteiger charge is -2.08. The van der Waals surface area contributed by atoms with Crippen LogP contribution in [0.2, 0.25) is 5.02 Å². The summed E-state index contributed by atoms with van der Waals surface area (Å²) in [5.74, 6) is -0.311. The van der Waals surface area contributed by atoms with Crippen molar-refractivity contribution in [3.63, 3.8) is 0 Å². The molecule has 0 radical (unpaired) electrons. The third kappa shape index (κ3) is 3.87. The van der Waals surface area contributed by atoms with Crippen molar-refractivity contribution in [3.8, 4) is 0 Å². The maximum atomic E-state index is 12.0. The number of urea groups is 1. The van der Waals surface area contributed by atoms with Gasteiger partial charge in [0.25, 0.3) is 5.91 Å². The molecule has 108 valence electrons. The van der Waals surface area contributed by atoms with Crippen molar-refractivity contribution in [1.29, 1.82) is 0 Å². The maximum Gasteiger partial charge on any atom is 0.316 e. The van der Waals surface area contributed by atoms with E-state index in [-0.39, 0.29) is 5.91 Å². The van der Waals surface area contributed by atoms with Crippen molar-refractivity contribution in [3.05, 3.63) is 53.1 Å². The Morgan fingerprint density at radius 2 is 1.52 bits per heavy atom. The zero-order valence-electron chi connectivity index (χ0n) is 10.9. The normalized spacial score (nSPS) is 9.95. The van der Waals surface area contributed by atoms with E-state index in [2.05, 4.69) is 10.6 Å². The van der Waals surface area contributed by atoms with E-state index >= 15 is 0 Å². The molecular formula is C14H13ClN4O2. The number of carbonyl (C=O) groups excluding carboxylic acids is 2. The minimum atomic E-state index is -0.650. The number of hydrogen-bond acceptors (Lipinski definition) is 3. The molecule has 0 atom stereocenters. The van der Waals surface area contributed by atoms with Crippen LogP contribution in [0.25, 0.3) is 0 Å². The van der Waals surface area contributed by atoms with Gasteiger partial charge in [0.05, 0.1) is 10.7 Å². The fraction of sp³-hybridized carbons (Fsp3) is 0. The van der Waals surface area contributed by atoms with Crippen LogP contribution in [0.1, 0.15) is 10.4 Å². The number of rotatable bonds is 3. The van der Waals surface area contributed by atoms with Crippen LogP contribution < -0.4 is 22.1 Å². The van der Waals surface area contributed by atoms with Gasteiger partial charge < -0.3 is 22.1 Å². The summed E-state index contributed by atoms with van der Waals surface area (Å²) in [6, 6.07) is 10.5. The number of primary amides is 1. The second-order valence-corrected chi connectivity index (χ2v) is 4.66. The SMILES string of the molecule is NC(=O)Nc1ccc(NC(=O)c2ccc(Cl)c(N)c2)cc1. The van der Waals surface area contributed by atoms with Gasteiger partial charge in [0.15, 0.2) is 0 Å². The molecule has 21 heavy (non-hydrogen) atoms. The smallest absolute Gasteiger partial charge is 0.316 e. The van der Waals surface area contributed by atoms with Crippen molar-refractivity contribution in [2.45, 2.75) is 0 Å². The first kappa shape index (κ1) is 14.7. The zero-order valence-corrected chi connectivity index (χ0v) is 11.6. The number of nitrogen functional groups attached to an aromatic ring is 1. The van der Waals surface area contributed by atoms with Crippen molar-refractivity contribution in [2.75, 3.05) is 16.4 Å². The van der Waals surface area contributed by atoms with Crippen LogP contribution in [0.4, 0.5) is 21.9 Å². The van der Waals surface area contributed by atoms with Gasteiger partial charge in [-0.25, -0.2) is 4.79 Å². The topological polar surface area (TPSA) is 110 Å². The van der Waals surface area contributed by atoms with Gasteiger partial charge >= 0.3 is 6.03 Å². The summed E-state index contributed by atoms with van der Waals surface area (Å²) in [5.41, 5.74) is 12.5. The molecule has 0 aliphatic rings. The van der Waals surface area contributed by atoms with E-state index in [9.17, 15) is 9.59 Å². The van der Waals surface area contributed by atoms with Crippen LogP contribution in [-0.2, 0) is 0 Å². The molecule has 0 fully saturated rings. The van der Waals surface area contributed by atoms with Gasteiger partial charge in [-0.2, -0.15) is 0 Å². The molecule has 2 aromatic carbocycles. The Bertz CT molecular complexity index is 686. The molecule has 0 unspecified atom stereocenters. The van der Waals surface area contributed by atoms with Gasteiger partial charge in [0.2, 0.25) is 0 Å². The fourth-order valence-corrected chi connectivity index (χ4v) is 1.78. The van der Waals surface area contributed by atoms with Gasteiger partial charge in [-0.1, -0.05) is 11.6 Å². The van der Waals surface area contributed by atoms with Crippen molar-refractivity contribution in [1.82, 2.24) is 0 Å². The predicted octanol–water partition coefficient (Wildman–Crippen LogP) is 2.67. The van der Waals surface area contributed by atoms with E-state index in [1.807, 2.05) is 0 Å². The second kappa shape index (κ2) is 6.15. The average Bonchev–Trinajstić information content (AvgIpc) is 2.43. The fourth-order valence-electron chi connectivity index (χ4n) is 1.67. The van der Waals surface area contributed by atoms with Crippen LogP contribution in [0.3, 0.4) is 0 Å². The summed E-state index contributed by atoms with van der Waals surface area (Å²) in [6.07, 6.45) is 0. The van der Waals surface area contributed by atoms with Gasteiger partial charge in [0, 0.05) is 16.9 Å². The predicted molar refractivity (Wildman–Crippen MR) is 83.5 cm³/mol. The average molecular weight is 305 g/mol. The minimum Gasteiger partial charge on any atom is -0.398 e. The number of benzene rings is 2. The lowest BCUT2D eigenvalue weighted by atomic mass is 10.2. The third-order valence-corrected chi connectivity index (χ3v) is 3.01. The van der Waals surface area contributed by atoms with Crippen LogP contribution in [0.5, 0.6) is 0 Å². The molecule has 0 saturated carbocycles. The van der Waals surface area contributed by atoms with Crippen LogP contribution in [-0.4, -0.2) is 11.9 Å². The van der Waals surface area contributed by atoms with Gasteiger partial charge in [-0.05, 0) is 42.5 Å². The molecule has 0 spiro atoms. The van der Waals surface area contributed by atoms with Crippen molar-refractivity contribution < 1.29 is 9.59 Å². The molecule has 2 aromatic rings. The molecule has 0 saturated heterocycles. The standard InChI is InChI=1S/C14H13ClN4O2/c15-11-6-1-8(7-12(11)16)13(20)18-9-2-4-10(5-3-9)19-14(17)21/h1-7H,16H2,(H,18,20)(H3,17,19,21).